The van der Waals surface area contributed by atoms with E-state index in [9.17, 15) is 14.3 Å². The van der Waals surface area contributed by atoms with Crippen molar-refractivity contribution in [3.63, 3.8) is 0 Å². The molecule has 1 heterocycles. The molecule has 4 nitrogen and oxygen atoms in total. The lowest BCUT2D eigenvalue weighted by Crippen LogP contribution is -2.37. The van der Waals surface area contributed by atoms with Crippen molar-refractivity contribution in [3.8, 4) is 0 Å². The number of furan rings is 1. The third-order valence-electron chi connectivity index (χ3n) is 3.90. The molecule has 0 aliphatic heterocycles. The number of aliphatic hydroxyl groups is 1. The summed E-state index contributed by atoms with van der Waals surface area (Å²) in [5, 5.41) is 10.4. The predicted molar refractivity (Wildman–Crippen MR) is 90.3 cm³/mol. The maximum Gasteiger partial charge on any atom is 0.289 e. The van der Waals surface area contributed by atoms with Gasteiger partial charge in [0.2, 0.25) is 0 Å². The van der Waals surface area contributed by atoms with Crippen molar-refractivity contribution in [1.82, 2.24) is 4.90 Å². The Kier molecular flexibility index (Phi) is 5.78. The normalized spacial score (nSPS) is 12.5. The third-order valence-corrected chi connectivity index (χ3v) is 3.90. The smallest absolute Gasteiger partial charge is 0.289 e. The molecule has 1 unspecified atom stereocenters. The van der Waals surface area contributed by atoms with Crippen LogP contribution in [0.4, 0.5) is 4.39 Å². The SMILES string of the molecule is Cc1cc(C(=O)N(CC(C)C)CC(O)c2ccc(F)cc2)oc1C. The second-order valence-corrected chi connectivity index (χ2v) is 6.52. The van der Waals surface area contributed by atoms with E-state index in [1.54, 1.807) is 11.0 Å². The van der Waals surface area contributed by atoms with Crippen LogP contribution in [0.5, 0.6) is 0 Å². The third kappa shape index (κ3) is 4.45. The molecular weight excluding hydrogens is 309 g/mol. The van der Waals surface area contributed by atoms with E-state index in [1.165, 1.54) is 24.3 Å². The maximum atomic E-state index is 13.0. The first-order valence-electron chi connectivity index (χ1n) is 8.07. The van der Waals surface area contributed by atoms with Crippen LogP contribution < -0.4 is 0 Å². The van der Waals surface area contributed by atoms with Gasteiger partial charge in [-0.05, 0) is 49.1 Å². The molecule has 0 fully saturated rings. The van der Waals surface area contributed by atoms with E-state index >= 15 is 0 Å². The molecule has 0 spiro atoms. The van der Waals surface area contributed by atoms with Gasteiger partial charge in [0.1, 0.15) is 11.6 Å². The summed E-state index contributed by atoms with van der Waals surface area (Å²) in [6.07, 6.45) is -0.884. The quantitative estimate of drug-likeness (QED) is 0.873. The number of aryl methyl sites for hydroxylation is 2. The zero-order valence-corrected chi connectivity index (χ0v) is 14.5. The minimum Gasteiger partial charge on any atom is -0.456 e. The van der Waals surface area contributed by atoms with Crippen LogP contribution in [0.1, 0.15) is 47.4 Å². The topological polar surface area (TPSA) is 53.7 Å². The largest absolute Gasteiger partial charge is 0.456 e. The summed E-state index contributed by atoms with van der Waals surface area (Å²) in [5.74, 6) is 0.620. The van der Waals surface area contributed by atoms with Gasteiger partial charge in [0, 0.05) is 6.54 Å². The Morgan fingerprint density at radius 2 is 1.83 bits per heavy atom. The lowest BCUT2D eigenvalue weighted by molar-refractivity contribution is 0.0564. The zero-order chi connectivity index (χ0) is 17.9. The molecule has 130 valence electrons. The number of carbonyl (C=O) groups is 1. The van der Waals surface area contributed by atoms with Crippen LogP contribution in [0.15, 0.2) is 34.7 Å². The average Bonchev–Trinajstić information content (AvgIpc) is 2.85. The molecule has 1 aromatic heterocycles. The van der Waals surface area contributed by atoms with Crippen molar-refractivity contribution in [1.29, 1.82) is 0 Å². The molecule has 1 amide bonds. The van der Waals surface area contributed by atoms with Crippen LogP contribution in [-0.2, 0) is 0 Å². The molecule has 2 aromatic rings. The predicted octanol–water partition coefficient (Wildman–Crippen LogP) is 3.87. The van der Waals surface area contributed by atoms with E-state index < -0.39 is 6.10 Å². The highest BCUT2D eigenvalue weighted by atomic mass is 19.1. The highest BCUT2D eigenvalue weighted by Crippen LogP contribution is 2.20. The van der Waals surface area contributed by atoms with Gasteiger partial charge < -0.3 is 14.4 Å². The van der Waals surface area contributed by atoms with E-state index in [0.29, 0.717) is 17.9 Å². The van der Waals surface area contributed by atoms with Gasteiger partial charge in [-0.3, -0.25) is 4.79 Å². The number of rotatable bonds is 6. The molecule has 0 bridgehead atoms. The summed E-state index contributed by atoms with van der Waals surface area (Å²) in [6, 6.07) is 7.37. The number of hydrogen-bond acceptors (Lipinski definition) is 3. The van der Waals surface area contributed by atoms with Gasteiger partial charge in [0.15, 0.2) is 5.76 Å². The number of carbonyl (C=O) groups excluding carboxylic acids is 1. The molecule has 2 rings (SSSR count). The fourth-order valence-electron chi connectivity index (χ4n) is 2.51. The van der Waals surface area contributed by atoms with E-state index in [4.69, 9.17) is 4.42 Å². The number of halogens is 1. The number of nitrogens with zero attached hydrogens (tertiary/aromatic N) is 1. The van der Waals surface area contributed by atoms with Gasteiger partial charge in [-0.25, -0.2) is 4.39 Å². The second kappa shape index (κ2) is 7.62. The van der Waals surface area contributed by atoms with Crippen molar-refractivity contribution in [3.05, 3.63) is 58.8 Å². The van der Waals surface area contributed by atoms with Crippen LogP contribution in [0.3, 0.4) is 0 Å². The fourth-order valence-corrected chi connectivity index (χ4v) is 2.51. The van der Waals surface area contributed by atoms with E-state index in [0.717, 1.165) is 5.56 Å². The summed E-state index contributed by atoms with van der Waals surface area (Å²) in [6.45, 7) is 8.33. The zero-order valence-electron chi connectivity index (χ0n) is 14.5. The Bertz CT molecular complexity index is 672. The molecule has 0 aliphatic rings. The molecule has 5 heteroatoms. The van der Waals surface area contributed by atoms with Crippen molar-refractivity contribution < 1.29 is 18.7 Å². The van der Waals surface area contributed by atoms with Crippen molar-refractivity contribution in [2.45, 2.75) is 33.8 Å². The summed E-state index contributed by atoms with van der Waals surface area (Å²) in [4.78, 5) is 14.3. The Morgan fingerprint density at radius 3 is 2.33 bits per heavy atom. The molecule has 0 aliphatic carbocycles. The number of benzene rings is 1. The van der Waals surface area contributed by atoms with Gasteiger partial charge in [-0.1, -0.05) is 26.0 Å². The first kappa shape index (κ1) is 18.2. The van der Waals surface area contributed by atoms with Gasteiger partial charge in [-0.2, -0.15) is 0 Å². The average molecular weight is 333 g/mol. The summed E-state index contributed by atoms with van der Waals surface area (Å²) < 4.78 is 18.5. The highest BCUT2D eigenvalue weighted by Gasteiger charge is 2.24. The standard InChI is InChI=1S/C19H24FNO3/c1-12(2)10-21(19(23)18-9-13(3)14(4)24-18)11-17(22)15-5-7-16(20)8-6-15/h5-9,12,17,22H,10-11H2,1-4H3. The Labute approximate surface area is 141 Å². The van der Waals surface area contributed by atoms with Crippen LogP contribution >= 0.6 is 0 Å². The fraction of sp³-hybridized carbons (Fsp3) is 0.421. The lowest BCUT2D eigenvalue weighted by atomic mass is 10.1. The van der Waals surface area contributed by atoms with Gasteiger partial charge >= 0.3 is 0 Å². The van der Waals surface area contributed by atoms with Crippen molar-refractivity contribution in [2.24, 2.45) is 5.92 Å². The number of aliphatic hydroxyl groups excluding tert-OH is 1. The van der Waals surface area contributed by atoms with Crippen molar-refractivity contribution in [2.75, 3.05) is 13.1 Å². The Balaban J connectivity index is 2.18. The first-order valence-corrected chi connectivity index (χ1v) is 8.07. The van der Waals surface area contributed by atoms with Crippen LogP contribution in [-0.4, -0.2) is 29.0 Å². The van der Waals surface area contributed by atoms with Crippen LogP contribution in [0, 0.1) is 25.6 Å². The summed E-state index contributed by atoms with van der Waals surface area (Å²) >= 11 is 0. The van der Waals surface area contributed by atoms with Crippen LogP contribution in [0.25, 0.3) is 0 Å². The van der Waals surface area contributed by atoms with E-state index in [1.807, 2.05) is 27.7 Å². The molecule has 1 aromatic carbocycles. The minimum atomic E-state index is -0.884. The van der Waals surface area contributed by atoms with E-state index in [-0.39, 0.29) is 29.9 Å². The molecule has 1 atom stereocenters. The van der Waals surface area contributed by atoms with Crippen molar-refractivity contribution >= 4 is 5.91 Å². The molecule has 0 radical (unpaired) electrons. The molecule has 1 N–H and O–H groups in total. The summed E-state index contributed by atoms with van der Waals surface area (Å²) in [7, 11) is 0. The Morgan fingerprint density at radius 1 is 1.21 bits per heavy atom. The lowest BCUT2D eigenvalue weighted by Gasteiger charge is -2.26. The number of amides is 1. The minimum absolute atomic E-state index is 0.126. The second-order valence-electron chi connectivity index (χ2n) is 6.52. The van der Waals surface area contributed by atoms with Gasteiger partial charge in [0.05, 0.1) is 12.6 Å². The monoisotopic (exact) mass is 333 g/mol. The highest BCUT2D eigenvalue weighted by molar-refractivity contribution is 5.91. The van der Waals surface area contributed by atoms with E-state index in [2.05, 4.69) is 0 Å². The maximum absolute atomic E-state index is 13.0. The Hall–Kier alpha value is -2.14. The van der Waals surface area contributed by atoms with Gasteiger partial charge in [-0.15, -0.1) is 0 Å². The molecular formula is C19H24FNO3. The van der Waals surface area contributed by atoms with Gasteiger partial charge in [0.25, 0.3) is 5.91 Å². The van der Waals surface area contributed by atoms with Crippen LogP contribution in [0.2, 0.25) is 0 Å². The molecule has 24 heavy (non-hydrogen) atoms. The summed E-state index contributed by atoms with van der Waals surface area (Å²) in [5.41, 5.74) is 1.49. The molecule has 0 saturated carbocycles. The molecule has 0 saturated heterocycles. The first-order chi connectivity index (χ1) is 11.3. The number of hydrogen-bond donors (Lipinski definition) is 1.